The van der Waals surface area contributed by atoms with Gasteiger partial charge in [0.25, 0.3) is 0 Å². The maximum Gasteiger partial charge on any atom is 0.210 e. The molecule has 0 unspecified atom stereocenters. The summed E-state index contributed by atoms with van der Waals surface area (Å²) < 4.78 is 32.1. The highest BCUT2D eigenvalue weighted by Crippen LogP contribution is 2.42. The minimum absolute atomic E-state index is 0.310. The van der Waals surface area contributed by atoms with E-state index in [1.165, 1.54) is 16.2 Å². The number of hydrogen-bond donors (Lipinski definition) is 0. The minimum Gasteiger partial charge on any atom is -0.309 e. The Kier molecular flexibility index (Phi) is 3.97. The normalized spacial score (nSPS) is 14.1. The van der Waals surface area contributed by atoms with Crippen LogP contribution in [0.5, 0.6) is 0 Å². The van der Waals surface area contributed by atoms with Gasteiger partial charge in [-0.1, -0.05) is 61.5 Å². The average molecular weight is 500 g/mol. The van der Waals surface area contributed by atoms with Crippen LogP contribution in [-0.2, 0) is 16.3 Å². The van der Waals surface area contributed by atoms with Crippen molar-refractivity contribution in [2.24, 2.45) is 0 Å². The summed E-state index contributed by atoms with van der Waals surface area (Å²) in [5, 5.41) is 4.68. The Hall–Kier alpha value is -4.42. The zero-order chi connectivity index (χ0) is 24.9. The highest BCUT2D eigenvalue weighted by atomic mass is 32.2. The fraction of sp³-hybridized carbons (Fsp3) is 0.0645. The third kappa shape index (κ3) is 2.58. The zero-order valence-electron chi connectivity index (χ0n) is 20.0. The van der Waals surface area contributed by atoms with Gasteiger partial charge >= 0.3 is 0 Å². The number of imidazole rings is 1. The van der Waals surface area contributed by atoms with Crippen LogP contribution in [0.4, 0.5) is 0 Å². The number of nitrogens with zero attached hydrogens (tertiary/aromatic N) is 3. The molecule has 0 saturated heterocycles. The predicted octanol–water partition coefficient (Wildman–Crippen LogP) is 6.98. The van der Waals surface area contributed by atoms with Gasteiger partial charge < -0.3 is 4.57 Å². The highest BCUT2D eigenvalue weighted by molar-refractivity contribution is 7.92. The van der Waals surface area contributed by atoms with E-state index in [0.717, 1.165) is 27.9 Å². The molecule has 8 rings (SSSR count). The van der Waals surface area contributed by atoms with E-state index in [9.17, 15) is 8.42 Å². The molecule has 0 fully saturated rings. The van der Waals surface area contributed by atoms with Gasteiger partial charge in [0.15, 0.2) is 0 Å². The first kappa shape index (κ1) is 20.7. The third-order valence-corrected chi connectivity index (χ3v) is 9.42. The van der Waals surface area contributed by atoms with E-state index in [1.807, 2.05) is 41.8 Å². The summed E-state index contributed by atoms with van der Waals surface area (Å²) in [6, 6.07) is 32.1. The number of rotatable bonds is 2. The Balaban J connectivity index is 1.49. The van der Waals surface area contributed by atoms with E-state index in [0.29, 0.717) is 32.9 Å². The van der Waals surface area contributed by atoms with Crippen molar-refractivity contribution in [1.29, 1.82) is 0 Å². The second-order valence-electron chi connectivity index (χ2n) is 9.53. The lowest BCUT2D eigenvalue weighted by molar-refractivity contribution is 0.594. The molecule has 0 saturated carbocycles. The van der Waals surface area contributed by atoms with Gasteiger partial charge in [-0.25, -0.2) is 13.4 Å². The largest absolute Gasteiger partial charge is 0.309 e. The van der Waals surface area contributed by atoms with Crippen LogP contribution in [0, 0.1) is 0 Å². The van der Waals surface area contributed by atoms with E-state index in [1.54, 1.807) is 12.1 Å². The lowest BCUT2D eigenvalue weighted by Gasteiger charge is -2.22. The van der Waals surface area contributed by atoms with Crippen molar-refractivity contribution >= 4 is 53.4 Å². The molecule has 6 heteroatoms. The van der Waals surface area contributed by atoms with Crippen LogP contribution in [0.2, 0.25) is 0 Å². The summed E-state index contributed by atoms with van der Waals surface area (Å²) in [5.74, 6) is 0.856. The number of hydrogen-bond acceptors (Lipinski definition) is 3. The second-order valence-corrected chi connectivity index (χ2v) is 11.4. The molecule has 178 valence electrons. The highest BCUT2D eigenvalue weighted by Gasteiger charge is 2.33. The quantitative estimate of drug-likeness (QED) is 0.258. The van der Waals surface area contributed by atoms with Crippen LogP contribution in [0.1, 0.15) is 12.7 Å². The van der Waals surface area contributed by atoms with Crippen LogP contribution in [0.25, 0.3) is 55.0 Å². The molecule has 7 aromatic rings. The first-order valence-corrected chi connectivity index (χ1v) is 13.9. The van der Waals surface area contributed by atoms with Gasteiger partial charge in [-0.3, -0.25) is 4.57 Å². The molecular weight excluding hydrogens is 478 g/mol. The molecule has 0 spiro atoms. The van der Waals surface area contributed by atoms with Gasteiger partial charge in [0, 0.05) is 22.9 Å². The summed E-state index contributed by atoms with van der Waals surface area (Å²) >= 11 is 0. The Bertz CT molecular complexity index is 2200. The number of para-hydroxylation sites is 2. The van der Waals surface area contributed by atoms with Crippen molar-refractivity contribution < 1.29 is 8.42 Å². The predicted molar refractivity (Wildman–Crippen MR) is 148 cm³/mol. The van der Waals surface area contributed by atoms with Gasteiger partial charge in [-0.15, -0.1) is 0 Å². The summed E-state index contributed by atoms with van der Waals surface area (Å²) in [4.78, 5) is 5.37. The second kappa shape index (κ2) is 7.08. The van der Waals surface area contributed by atoms with E-state index < -0.39 is 9.84 Å². The smallest absolute Gasteiger partial charge is 0.210 e. The molecule has 5 nitrogen and oxygen atoms in total. The minimum atomic E-state index is -3.73. The number of aromatic nitrogens is 3. The van der Waals surface area contributed by atoms with Crippen LogP contribution in [0.15, 0.2) is 107 Å². The third-order valence-electron chi connectivity index (χ3n) is 7.61. The first-order chi connectivity index (χ1) is 18.1. The Morgan fingerprint density at radius 1 is 0.730 bits per heavy atom. The lowest BCUT2D eigenvalue weighted by atomic mass is 10.0. The summed E-state index contributed by atoms with van der Waals surface area (Å²) in [5.41, 5.74) is 4.95. The molecule has 0 bridgehead atoms. The molecule has 0 aliphatic carbocycles. The molecule has 1 aliphatic rings. The Morgan fingerprint density at radius 3 is 2.41 bits per heavy atom. The topological polar surface area (TPSA) is 56.9 Å². The van der Waals surface area contributed by atoms with Crippen LogP contribution < -0.4 is 0 Å². The molecule has 3 heterocycles. The zero-order valence-corrected chi connectivity index (χ0v) is 20.8. The van der Waals surface area contributed by atoms with E-state index >= 15 is 0 Å². The average Bonchev–Trinajstić information content (AvgIpc) is 3.48. The molecule has 0 amide bonds. The standard InChI is InChI=1S/C31H21N3O2S/c1-2-29-32-23-11-7-13-27-31(23)34(29)25-17-15-20(18-28(25)37(27,35)36)33-24-12-6-5-10-22(24)30-21-9-4-3-8-19(21)14-16-26(30)33/h3-18H,2H2,1H3. The molecule has 0 radical (unpaired) electrons. The van der Waals surface area contributed by atoms with E-state index in [-0.39, 0.29) is 0 Å². The number of sulfone groups is 1. The van der Waals surface area contributed by atoms with Crippen molar-refractivity contribution in [3.05, 3.63) is 103 Å². The SMILES string of the molecule is CCc1nc2cccc3c2n1-c1ccc(-n2c4ccccc4c4c5ccccc5ccc42)cc1S3(=O)=O. The summed E-state index contributed by atoms with van der Waals surface area (Å²) in [7, 11) is -3.73. The fourth-order valence-electron chi connectivity index (χ4n) is 6.04. The van der Waals surface area contributed by atoms with E-state index in [4.69, 9.17) is 4.98 Å². The Morgan fingerprint density at radius 2 is 1.54 bits per heavy atom. The summed E-state index contributed by atoms with van der Waals surface area (Å²) in [6.07, 6.45) is 0.704. The van der Waals surface area contributed by atoms with Crippen LogP contribution in [-0.4, -0.2) is 22.5 Å². The number of aryl methyl sites for hydroxylation is 1. The van der Waals surface area contributed by atoms with Gasteiger partial charge in [0.2, 0.25) is 9.84 Å². The van der Waals surface area contributed by atoms with Gasteiger partial charge in [0.1, 0.15) is 5.82 Å². The van der Waals surface area contributed by atoms with Crippen LogP contribution >= 0.6 is 0 Å². The molecule has 37 heavy (non-hydrogen) atoms. The fourth-order valence-corrected chi connectivity index (χ4v) is 7.69. The van der Waals surface area contributed by atoms with Crippen molar-refractivity contribution in [2.45, 2.75) is 23.1 Å². The van der Waals surface area contributed by atoms with Gasteiger partial charge in [0.05, 0.1) is 37.5 Å². The molecule has 0 N–H and O–H groups in total. The lowest BCUT2D eigenvalue weighted by Crippen LogP contribution is -2.16. The van der Waals surface area contributed by atoms with Gasteiger partial charge in [-0.2, -0.15) is 0 Å². The van der Waals surface area contributed by atoms with Crippen molar-refractivity contribution in [1.82, 2.24) is 14.1 Å². The molecular formula is C31H21N3O2S. The van der Waals surface area contributed by atoms with Crippen LogP contribution in [0.3, 0.4) is 0 Å². The maximum absolute atomic E-state index is 14.0. The molecule has 2 aromatic heterocycles. The number of fused-ring (bicyclic) bond motifs is 7. The monoisotopic (exact) mass is 499 g/mol. The van der Waals surface area contributed by atoms with Crippen molar-refractivity contribution in [3.8, 4) is 11.4 Å². The number of benzene rings is 5. The molecule has 1 aliphatic heterocycles. The first-order valence-electron chi connectivity index (χ1n) is 12.4. The summed E-state index contributed by atoms with van der Waals surface area (Å²) in [6.45, 7) is 2.05. The molecule has 0 atom stereocenters. The molecule has 5 aromatic carbocycles. The Labute approximate surface area is 213 Å². The van der Waals surface area contributed by atoms with Crippen molar-refractivity contribution in [2.75, 3.05) is 0 Å². The van der Waals surface area contributed by atoms with E-state index in [2.05, 4.69) is 59.2 Å². The van der Waals surface area contributed by atoms with Crippen molar-refractivity contribution in [3.63, 3.8) is 0 Å². The van der Waals surface area contributed by atoms with Gasteiger partial charge in [-0.05, 0) is 53.2 Å². The maximum atomic E-state index is 14.0.